The molecule has 2 N–H and O–H groups in total. The third-order valence-corrected chi connectivity index (χ3v) is 6.16. The molecule has 4 aromatic rings. The number of nitrogens with one attached hydrogen (secondary N) is 1. The van der Waals surface area contributed by atoms with Crippen LogP contribution in [0.3, 0.4) is 0 Å². The number of nitrogens with zero attached hydrogens (tertiary/aromatic N) is 2. The first-order valence-electron chi connectivity index (χ1n) is 10.1. The lowest BCUT2D eigenvalue weighted by atomic mass is 9.85. The smallest absolute Gasteiger partial charge is 0.274 e. The van der Waals surface area contributed by atoms with E-state index in [2.05, 4.69) is 19.0 Å². The number of rotatable bonds is 7. The van der Waals surface area contributed by atoms with Gasteiger partial charge >= 0.3 is 0 Å². The second kappa shape index (κ2) is 9.24. The van der Waals surface area contributed by atoms with Crippen LogP contribution in [0.1, 0.15) is 40.7 Å². The summed E-state index contributed by atoms with van der Waals surface area (Å²) in [5, 5.41) is 16.0. The highest BCUT2D eigenvalue weighted by atomic mass is 32.1. The standard InChI is InChI=1S/C24H23N3O3S/c1-15(2)19(16-8-10-18(11-9-16)24(28)26-29)12-23-25-21(14-31-23)22-13-20(27-30-22)17-6-4-3-5-7-17/h3-11,13-15,19,29H,12H2,1-2H3,(H,26,28)/t19-/m1/s1. The third-order valence-electron chi connectivity index (χ3n) is 5.29. The summed E-state index contributed by atoms with van der Waals surface area (Å²) in [7, 11) is 0. The second-order valence-corrected chi connectivity index (χ2v) is 8.63. The zero-order valence-electron chi connectivity index (χ0n) is 17.3. The van der Waals surface area contributed by atoms with Crippen LogP contribution >= 0.6 is 11.3 Å². The van der Waals surface area contributed by atoms with Crippen molar-refractivity contribution in [2.45, 2.75) is 26.2 Å². The molecule has 0 aliphatic heterocycles. The van der Waals surface area contributed by atoms with Gasteiger partial charge in [0.25, 0.3) is 5.91 Å². The zero-order valence-corrected chi connectivity index (χ0v) is 18.1. The summed E-state index contributed by atoms with van der Waals surface area (Å²) in [5.41, 5.74) is 5.79. The first kappa shape index (κ1) is 21.0. The summed E-state index contributed by atoms with van der Waals surface area (Å²) in [6, 6.07) is 19.1. The molecule has 2 heterocycles. The van der Waals surface area contributed by atoms with Gasteiger partial charge in [0.1, 0.15) is 11.4 Å². The topological polar surface area (TPSA) is 88.2 Å². The maximum atomic E-state index is 11.6. The van der Waals surface area contributed by atoms with E-state index in [1.54, 1.807) is 28.9 Å². The summed E-state index contributed by atoms with van der Waals surface area (Å²) in [4.78, 5) is 16.3. The molecule has 2 aromatic heterocycles. The molecule has 0 radical (unpaired) electrons. The summed E-state index contributed by atoms with van der Waals surface area (Å²) in [6.07, 6.45) is 0.785. The van der Waals surface area contributed by atoms with Crippen LogP contribution in [0.5, 0.6) is 0 Å². The lowest BCUT2D eigenvalue weighted by Crippen LogP contribution is -2.18. The Bertz CT molecular complexity index is 1150. The van der Waals surface area contributed by atoms with E-state index in [0.717, 1.165) is 33.9 Å². The summed E-state index contributed by atoms with van der Waals surface area (Å²) >= 11 is 1.61. The zero-order chi connectivity index (χ0) is 21.8. The Balaban J connectivity index is 1.51. The fraction of sp³-hybridized carbons (Fsp3) is 0.208. The minimum absolute atomic E-state index is 0.250. The van der Waals surface area contributed by atoms with E-state index in [9.17, 15) is 4.79 Å². The van der Waals surface area contributed by atoms with Crippen molar-refractivity contribution in [3.63, 3.8) is 0 Å². The fourth-order valence-electron chi connectivity index (χ4n) is 3.53. The lowest BCUT2D eigenvalue weighted by molar-refractivity contribution is 0.0706. The van der Waals surface area contributed by atoms with Gasteiger partial charge in [-0.2, -0.15) is 0 Å². The van der Waals surface area contributed by atoms with Crippen molar-refractivity contribution in [1.29, 1.82) is 0 Å². The van der Waals surface area contributed by atoms with Crippen molar-refractivity contribution in [3.05, 3.63) is 82.2 Å². The van der Waals surface area contributed by atoms with E-state index in [1.807, 2.05) is 53.9 Å². The highest BCUT2D eigenvalue weighted by molar-refractivity contribution is 7.09. The molecule has 31 heavy (non-hydrogen) atoms. The van der Waals surface area contributed by atoms with Crippen LogP contribution < -0.4 is 5.48 Å². The molecule has 6 nitrogen and oxygen atoms in total. The van der Waals surface area contributed by atoms with Gasteiger partial charge in [0, 0.05) is 29.0 Å². The fourth-order valence-corrected chi connectivity index (χ4v) is 4.37. The molecule has 0 saturated heterocycles. The molecule has 1 amide bonds. The van der Waals surface area contributed by atoms with E-state index < -0.39 is 5.91 Å². The Labute approximate surface area is 184 Å². The largest absolute Gasteiger partial charge is 0.354 e. The molecule has 1 atom stereocenters. The van der Waals surface area contributed by atoms with Crippen molar-refractivity contribution in [1.82, 2.24) is 15.6 Å². The molecule has 2 aromatic carbocycles. The normalized spacial score (nSPS) is 12.1. The molecule has 4 rings (SSSR count). The van der Waals surface area contributed by atoms with Crippen molar-refractivity contribution >= 4 is 17.2 Å². The Hall–Kier alpha value is -3.29. The predicted molar refractivity (Wildman–Crippen MR) is 120 cm³/mol. The molecule has 0 aliphatic rings. The highest BCUT2D eigenvalue weighted by Gasteiger charge is 2.20. The predicted octanol–water partition coefficient (Wildman–Crippen LogP) is 5.57. The number of hydroxylamine groups is 1. The minimum atomic E-state index is -0.515. The minimum Gasteiger partial charge on any atom is -0.354 e. The monoisotopic (exact) mass is 433 g/mol. The Morgan fingerprint density at radius 1 is 1.10 bits per heavy atom. The van der Waals surface area contributed by atoms with E-state index in [4.69, 9.17) is 14.7 Å². The Morgan fingerprint density at radius 2 is 1.84 bits per heavy atom. The SMILES string of the molecule is CC(C)[C@@H](Cc1nc(-c2cc(-c3ccccc3)no2)cs1)c1ccc(C(=O)NO)cc1. The van der Waals surface area contributed by atoms with E-state index in [-0.39, 0.29) is 5.92 Å². The van der Waals surface area contributed by atoms with Crippen LogP contribution in [-0.4, -0.2) is 21.3 Å². The molecule has 0 aliphatic carbocycles. The maximum absolute atomic E-state index is 11.6. The number of aromatic nitrogens is 2. The molecule has 0 saturated carbocycles. The Morgan fingerprint density at radius 3 is 2.52 bits per heavy atom. The number of carbonyl (C=O) groups excluding carboxylic acids is 1. The molecule has 7 heteroatoms. The van der Waals surface area contributed by atoms with E-state index in [1.165, 1.54) is 0 Å². The third kappa shape index (κ3) is 4.73. The highest BCUT2D eigenvalue weighted by Crippen LogP contribution is 2.32. The van der Waals surface area contributed by atoms with Gasteiger partial charge in [-0.05, 0) is 29.5 Å². The number of amides is 1. The van der Waals surface area contributed by atoms with Crippen molar-refractivity contribution in [3.8, 4) is 22.7 Å². The van der Waals surface area contributed by atoms with Crippen LogP contribution in [0.25, 0.3) is 22.7 Å². The number of benzene rings is 2. The molecular weight excluding hydrogens is 410 g/mol. The average molecular weight is 434 g/mol. The average Bonchev–Trinajstić information content (AvgIpc) is 3.47. The first-order valence-corrected chi connectivity index (χ1v) is 10.9. The van der Waals surface area contributed by atoms with E-state index >= 15 is 0 Å². The number of hydrogen-bond acceptors (Lipinski definition) is 6. The van der Waals surface area contributed by atoms with Gasteiger partial charge in [-0.3, -0.25) is 10.0 Å². The molecule has 0 bridgehead atoms. The van der Waals surface area contributed by atoms with Gasteiger partial charge in [-0.15, -0.1) is 11.3 Å². The number of thiazole rings is 1. The van der Waals surface area contributed by atoms with Crippen LogP contribution in [0.4, 0.5) is 0 Å². The molecule has 0 fully saturated rings. The van der Waals surface area contributed by atoms with Crippen molar-refractivity contribution in [2.75, 3.05) is 0 Å². The first-order chi connectivity index (χ1) is 15.0. The quantitative estimate of drug-likeness (QED) is 0.294. The van der Waals surface area contributed by atoms with Crippen molar-refractivity contribution < 1.29 is 14.5 Å². The van der Waals surface area contributed by atoms with Gasteiger partial charge in [0.2, 0.25) is 0 Å². The lowest BCUT2D eigenvalue weighted by Gasteiger charge is -2.20. The van der Waals surface area contributed by atoms with Gasteiger partial charge < -0.3 is 4.52 Å². The number of hydrogen-bond donors (Lipinski definition) is 2. The number of carbonyl (C=O) groups is 1. The van der Waals surface area contributed by atoms with Gasteiger partial charge in [0.05, 0.1) is 5.01 Å². The Kier molecular flexibility index (Phi) is 6.25. The van der Waals surface area contributed by atoms with Gasteiger partial charge in [0.15, 0.2) is 5.76 Å². The van der Waals surface area contributed by atoms with Gasteiger partial charge in [-0.25, -0.2) is 10.5 Å². The molecule has 158 valence electrons. The molecule has 0 unspecified atom stereocenters. The summed E-state index contributed by atoms with van der Waals surface area (Å²) < 4.78 is 5.54. The van der Waals surface area contributed by atoms with Gasteiger partial charge in [-0.1, -0.05) is 61.5 Å². The second-order valence-electron chi connectivity index (χ2n) is 7.69. The van der Waals surface area contributed by atoms with Crippen LogP contribution in [-0.2, 0) is 6.42 Å². The van der Waals surface area contributed by atoms with Crippen LogP contribution in [0, 0.1) is 5.92 Å². The van der Waals surface area contributed by atoms with Crippen LogP contribution in [0.15, 0.2) is 70.6 Å². The summed E-state index contributed by atoms with van der Waals surface area (Å²) in [6.45, 7) is 4.35. The molecule has 0 spiro atoms. The maximum Gasteiger partial charge on any atom is 0.274 e. The molecular formula is C24H23N3O3S. The van der Waals surface area contributed by atoms with E-state index in [0.29, 0.717) is 17.2 Å². The summed E-state index contributed by atoms with van der Waals surface area (Å²) in [5.74, 6) is 0.778. The van der Waals surface area contributed by atoms with Crippen LogP contribution in [0.2, 0.25) is 0 Å². The van der Waals surface area contributed by atoms with Crippen molar-refractivity contribution in [2.24, 2.45) is 5.92 Å².